The van der Waals surface area contributed by atoms with E-state index in [1.54, 1.807) is 6.92 Å². The zero-order valence-electron chi connectivity index (χ0n) is 13.1. The van der Waals surface area contributed by atoms with Crippen molar-refractivity contribution in [3.63, 3.8) is 0 Å². The SMILES string of the molecule is CC(N)(C(=O)NC1CCN(C2CC2)C1)c1ccc(Br)cc1.Cl.Cl. The molecule has 2 atom stereocenters. The molecule has 1 heterocycles. The predicted octanol–water partition coefficient (Wildman–Crippen LogP) is 2.82. The molecular weight excluding hydrogens is 401 g/mol. The van der Waals surface area contributed by atoms with Gasteiger partial charge in [0, 0.05) is 29.6 Å². The Labute approximate surface area is 158 Å². The molecule has 2 unspecified atom stereocenters. The van der Waals surface area contributed by atoms with Gasteiger partial charge in [0.2, 0.25) is 5.91 Å². The van der Waals surface area contributed by atoms with Crippen LogP contribution in [-0.2, 0) is 10.3 Å². The Morgan fingerprint density at radius 1 is 1.26 bits per heavy atom. The Morgan fingerprint density at radius 3 is 2.43 bits per heavy atom. The molecule has 1 aliphatic carbocycles. The van der Waals surface area contributed by atoms with Gasteiger partial charge in [0.05, 0.1) is 0 Å². The van der Waals surface area contributed by atoms with E-state index >= 15 is 0 Å². The number of rotatable bonds is 4. The van der Waals surface area contributed by atoms with Crippen molar-refractivity contribution in [1.82, 2.24) is 10.2 Å². The Hall–Kier alpha value is -0.330. The van der Waals surface area contributed by atoms with Crippen molar-refractivity contribution in [2.24, 2.45) is 5.73 Å². The molecule has 3 N–H and O–H groups in total. The van der Waals surface area contributed by atoms with Gasteiger partial charge in [0.15, 0.2) is 0 Å². The first-order valence-electron chi connectivity index (χ1n) is 7.57. The number of halogens is 3. The van der Waals surface area contributed by atoms with E-state index < -0.39 is 5.54 Å². The van der Waals surface area contributed by atoms with Gasteiger partial charge in [-0.1, -0.05) is 28.1 Å². The van der Waals surface area contributed by atoms with E-state index in [0.29, 0.717) is 0 Å². The van der Waals surface area contributed by atoms with E-state index in [9.17, 15) is 4.79 Å². The quantitative estimate of drug-likeness (QED) is 0.781. The molecule has 7 heteroatoms. The highest BCUT2D eigenvalue weighted by Crippen LogP contribution is 2.30. The number of nitrogens with one attached hydrogen (secondary N) is 1. The minimum absolute atomic E-state index is 0. The molecular formula is C16H24BrCl2N3O. The van der Waals surface area contributed by atoms with Crippen LogP contribution in [0.3, 0.4) is 0 Å². The first-order valence-corrected chi connectivity index (χ1v) is 8.36. The van der Waals surface area contributed by atoms with Crippen molar-refractivity contribution >= 4 is 46.7 Å². The first-order chi connectivity index (χ1) is 9.96. The van der Waals surface area contributed by atoms with Gasteiger partial charge in [-0.2, -0.15) is 0 Å². The maximum atomic E-state index is 12.5. The Bertz CT molecular complexity index is 535. The number of nitrogens with two attached hydrogens (primary N) is 1. The second-order valence-corrected chi connectivity index (χ2v) is 7.31. The van der Waals surface area contributed by atoms with Gasteiger partial charge in [-0.3, -0.25) is 9.69 Å². The highest BCUT2D eigenvalue weighted by atomic mass is 79.9. The summed E-state index contributed by atoms with van der Waals surface area (Å²) in [4.78, 5) is 15.0. The molecule has 0 aromatic heterocycles. The number of amides is 1. The normalized spacial score (nSPS) is 23.3. The second kappa shape index (κ2) is 8.17. The molecule has 1 saturated heterocycles. The topological polar surface area (TPSA) is 58.4 Å². The highest BCUT2D eigenvalue weighted by molar-refractivity contribution is 9.10. The number of benzene rings is 1. The Balaban J connectivity index is 0.00000132. The van der Waals surface area contributed by atoms with Crippen molar-refractivity contribution in [3.8, 4) is 0 Å². The average Bonchev–Trinajstić information content (AvgIpc) is 3.20. The van der Waals surface area contributed by atoms with E-state index in [1.165, 1.54) is 12.8 Å². The smallest absolute Gasteiger partial charge is 0.244 e. The number of carbonyl (C=O) groups is 1. The van der Waals surface area contributed by atoms with Gasteiger partial charge in [0.25, 0.3) is 0 Å². The third kappa shape index (κ3) is 4.83. The minimum Gasteiger partial charge on any atom is -0.350 e. The first kappa shape index (κ1) is 20.7. The predicted molar refractivity (Wildman–Crippen MR) is 101 cm³/mol. The van der Waals surface area contributed by atoms with Gasteiger partial charge in [-0.05, 0) is 43.9 Å². The molecule has 1 aromatic carbocycles. The number of carbonyl (C=O) groups excluding carboxylic acids is 1. The van der Waals surface area contributed by atoms with E-state index in [-0.39, 0.29) is 36.8 Å². The molecule has 0 spiro atoms. The van der Waals surface area contributed by atoms with Crippen molar-refractivity contribution < 1.29 is 4.79 Å². The molecule has 2 fully saturated rings. The molecule has 4 nitrogen and oxygen atoms in total. The summed E-state index contributed by atoms with van der Waals surface area (Å²) in [5, 5.41) is 3.13. The summed E-state index contributed by atoms with van der Waals surface area (Å²) in [5.74, 6) is -0.0903. The van der Waals surface area contributed by atoms with Gasteiger partial charge < -0.3 is 11.1 Å². The maximum absolute atomic E-state index is 12.5. The Morgan fingerprint density at radius 2 is 1.87 bits per heavy atom. The van der Waals surface area contributed by atoms with Crippen LogP contribution in [-0.4, -0.2) is 36.0 Å². The molecule has 130 valence electrons. The fourth-order valence-electron chi connectivity index (χ4n) is 2.94. The van der Waals surface area contributed by atoms with Crippen LogP contribution in [0.5, 0.6) is 0 Å². The number of nitrogens with zero attached hydrogens (tertiary/aromatic N) is 1. The van der Waals surface area contributed by atoms with Crippen LogP contribution in [0.15, 0.2) is 28.7 Å². The summed E-state index contributed by atoms with van der Waals surface area (Å²) >= 11 is 3.40. The lowest BCUT2D eigenvalue weighted by atomic mass is 9.92. The van der Waals surface area contributed by atoms with E-state index in [0.717, 1.165) is 35.6 Å². The fourth-order valence-corrected chi connectivity index (χ4v) is 3.20. The monoisotopic (exact) mass is 423 g/mol. The van der Waals surface area contributed by atoms with E-state index in [2.05, 4.69) is 26.1 Å². The highest BCUT2D eigenvalue weighted by Gasteiger charge is 2.37. The zero-order chi connectivity index (χ0) is 15.0. The van der Waals surface area contributed by atoms with Crippen molar-refractivity contribution in [2.45, 2.75) is 43.8 Å². The van der Waals surface area contributed by atoms with Crippen molar-refractivity contribution in [3.05, 3.63) is 34.3 Å². The van der Waals surface area contributed by atoms with Crippen LogP contribution in [0.4, 0.5) is 0 Å². The van der Waals surface area contributed by atoms with Gasteiger partial charge in [-0.25, -0.2) is 0 Å². The van der Waals surface area contributed by atoms with Crippen LogP contribution in [0.25, 0.3) is 0 Å². The van der Waals surface area contributed by atoms with E-state index in [1.807, 2.05) is 24.3 Å². The van der Waals surface area contributed by atoms with Gasteiger partial charge >= 0.3 is 0 Å². The molecule has 0 bridgehead atoms. The largest absolute Gasteiger partial charge is 0.350 e. The summed E-state index contributed by atoms with van der Waals surface area (Å²) < 4.78 is 0.985. The third-order valence-electron chi connectivity index (χ3n) is 4.53. The molecule has 1 saturated carbocycles. The van der Waals surface area contributed by atoms with Crippen LogP contribution in [0, 0.1) is 0 Å². The lowest BCUT2D eigenvalue weighted by molar-refractivity contribution is -0.126. The van der Waals surface area contributed by atoms with Gasteiger partial charge in [-0.15, -0.1) is 24.8 Å². The maximum Gasteiger partial charge on any atom is 0.244 e. The number of hydrogen-bond acceptors (Lipinski definition) is 3. The van der Waals surface area contributed by atoms with Crippen molar-refractivity contribution in [2.75, 3.05) is 13.1 Å². The molecule has 1 amide bonds. The summed E-state index contributed by atoms with van der Waals surface area (Å²) in [6, 6.07) is 8.62. The van der Waals surface area contributed by atoms with Crippen LogP contribution in [0.1, 0.15) is 31.7 Å². The molecule has 0 radical (unpaired) electrons. The van der Waals surface area contributed by atoms with Crippen LogP contribution in [0.2, 0.25) is 0 Å². The Kier molecular flexibility index (Phi) is 7.36. The van der Waals surface area contributed by atoms with Crippen molar-refractivity contribution in [1.29, 1.82) is 0 Å². The van der Waals surface area contributed by atoms with Crippen LogP contribution < -0.4 is 11.1 Å². The number of hydrogen-bond donors (Lipinski definition) is 2. The minimum atomic E-state index is -0.992. The fraction of sp³-hybridized carbons (Fsp3) is 0.562. The summed E-state index contributed by atoms with van der Waals surface area (Å²) in [6.45, 7) is 3.83. The van der Waals surface area contributed by atoms with E-state index in [4.69, 9.17) is 5.73 Å². The number of likely N-dealkylation sites (tertiary alicyclic amines) is 1. The summed E-state index contributed by atoms with van der Waals surface area (Å²) in [6.07, 6.45) is 3.65. The van der Waals surface area contributed by atoms with Gasteiger partial charge in [0.1, 0.15) is 5.54 Å². The average molecular weight is 425 g/mol. The molecule has 2 aliphatic rings. The summed E-state index contributed by atoms with van der Waals surface area (Å²) in [7, 11) is 0. The molecule has 1 aromatic rings. The zero-order valence-corrected chi connectivity index (χ0v) is 16.3. The summed E-state index contributed by atoms with van der Waals surface area (Å²) in [5.41, 5.74) is 6.12. The second-order valence-electron chi connectivity index (χ2n) is 6.39. The standard InChI is InChI=1S/C16H22BrN3O.2ClH/c1-16(18,11-2-4-12(17)5-3-11)15(21)19-13-8-9-20(10-13)14-6-7-14;;/h2-5,13-14H,6-10,18H2,1H3,(H,19,21);2*1H. The lowest BCUT2D eigenvalue weighted by Crippen LogP contribution is -2.52. The molecule has 1 aliphatic heterocycles. The lowest BCUT2D eigenvalue weighted by Gasteiger charge is -2.26. The third-order valence-corrected chi connectivity index (χ3v) is 5.06. The molecule has 3 rings (SSSR count). The molecule has 23 heavy (non-hydrogen) atoms. The van der Waals surface area contributed by atoms with Crippen LogP contribution >= 0.6 is 40.7 Å².